The molecule has 0 saturated carbocycles. The summed E-state index contributed by atoms with van der Waals surface area (Å²) >= 11 is 1.76. The van der Waals surface area contributed by atoms with Crippen molar-refractivity contribution in [1.29, 1.82) is 0 Å². The summed E-state index contributed by atoms with van der Waals surface area (Å²) in [6.45, 7) is 0. The highest BCUT2D eigenvalue weighted by atomic mass is 32.2. The van der Waals surface area contributed by atoms with Crippen molar-refractivity contribution in [3.8, 4) is 5.75 Å². The Morgan fingerprint density at radius 2 is 1.64 bits per heavy atom. The molecule has 4 nitrogen and oxygen atoms in total. The van der Waals surface area contributed by atoms with Crippen LogP contribution in [-0.2, 0) is 5.75 Å². The summed E-state index contributed by atoms with van der Waals surface area (Å²) in [5, 5.41) is 3.71. The monoisotopic (exact) mass is 386 g/mol. The van der Waals surface area contributed by atoms with Gasteiger partial charge in [-0.2, -0.15) is 0 Å². The largest absolute Gasteiger partial charge is 0.417 e. The Bertz CT molecular complexity index is 1090. The smallest absolute Gasteiger partial charge is 0.408 e. The van der Waals surface area contributed by atoms with E-state index in [0.717, 1.165) is 16.7 Å². The van der Waals surface area contributed by atoms with E-state index in [2.05, 4.69) is 22.4 Å². The zero-order chi connectivity index (χ0) is 19.2. The van der Waals surface area contributed by atoms with Crippen LogP contribution in [0.5, 0.6) is 5.75 Å². The van der Waals surface area contributed by atoms with Crippen molar-refractivity contribution in [2.24, 2.45) is 0 Å². The molecule has 4 rings (SSSR count). The lowest BCUT2D eigenvalue weighted by molar-refractivity contribution is 0.215. The first-order valence-corrected chi connectivity index (χ1v) is 9.86. The zero-order valence-corrected chi connectivity index (χ0v) is 15.9. The summed E-state index contributed by atoms with van der Waals surface area (Å²) in [7, 11) is 0. The molecule has 0 radical (unpaired) electrons. The maximum Gasteiger partial charge on any atom is 0.417 e. The second kappa shape index (κ2) is 8.59. The van der Waals surface area contributed by atoms with Crippen LogP contribution in [0.3, 0.4) is 0 Å². The molecule has 0 aliphatic carbocycles. The van der Waals surface area contributed by atoms with Crippen LogP contribution in [-0.4, -0.2) is 11.1 Å². The number of rotatable bonds is 5. The number of ether oxygens (including phenoxy) is 1. The first kappa shape index (κ1) is 18.1. The third kappa shape index (κ3) is 4.32. The molecular weight excluding hydrogens is 368 g/mol. The van der Waals surface area contributed by atoms with Gasteiger partial charge in [-0.05, 0) is 42.0 Å². The van der Waals surface area contributed by atoms with Crippen molar-refractivity contribution in [1.82, 2.24) is 4.98 Å². The van der Waals surface area contributed by atoms with Crippen molar-refractivity contribution in [2.45, 2.75) is 10.6 Å². The van der Waals surface area contributed by atoms with Gasteiger partial charge in [-0.25, -0.2) is 4.79 Å². The minimum absolute atomic E-state index is 0.442. The van der Waals surface area contributed by atoms with Crippen molar-refractivity contribution in [3.63, 3.8) is 0 Å². The molecule has 0 bridgehead atoms. The third-order valence-electron chi connectivity index (χ3n) is 4.18. The van der Waals surface area contributed by atoms with Gasteiger partial charge >= 0.3 is 6.09 Å². The number of hydrogen-bond acceptors (Lipinski definition) is 4. The maximum atomic E-state index is 12.3. The number of thioether (sulfide) groups is 1. The molecule has 0 aliphatic rings. The topological polar surface area (TPSA) is 51.2 Å². The predicted octanol–water partition coefficient (Wildman–Crippen LogP) is 6.14. The van der Waals surface area contributed by atoms with Gasteiger partial charge in [0.2, 0.25) is 0 Å². The highest BCUT2D eigenvalue weighted by Crippen LogP contribution is 2.31. The summed E-state index contributed by atoms with van der Waals surface area (Å²) < 4.78 is 5.53. The Hall–Kier alpha value is -3.31. The number of benzene rings is 3. The Kier molecular flexibility index (Phi) is 5.54. The van der Waals surface area contributed by atoms with Crippen LogP contribution >= 0.6 is 11.8 Å². The summed E-state index contributed by atoms with van der Waals surface area (Å²) in [4.78, 5) is 17.9. The Morgan fingerprint density at radius 1 is 0.893 bits per heavy atom. The Labute approximate surface area is 167 Å². The van der Waals surface area contributed by atoms with Crippen LogP contribution in [0.2, 0.25) is 0 Å². The van der Waals surface area contributed by atoms with Gasteiger partial charge in [0.25, 0.3) is 0 Å². The van der Waals surface area contributed by atoms with E-state index in [1.54, 1.807) is 24.0 Å². The minimum Gasteiger partial charge on any atom is -0.408 e. The number of amides is 1. The molecule has 5 heteroatoms. The lowest BCUT2D eigenvalue weighted by Crippen LogP contribution is -2.17. The van der Waals surface area contributed by atoms with Gasteiger partial charge in [-0.3, -0.25) is 10.3 Å². The number of anilines is 1. The summed E-state index contributed by atoms with van der Waals surface area (Å²) in [5.74, 6) is 1.25. The van der Waals surface area contributed by atoms with Crippen LogP contribution in [0.25, 0.3) is 10.9 Å². The first-order valence-electron chi connectivity index (χ1n) is 8.88. The maximum absolute atomic E-state index is 12.3. The van der Waals surface area contributed by atoms with Crippen LogP contribution in [0, 0.1) is 0 Å². The summed E-state index contributed by atoms with van der Waals surface area (Å²) in [5.41, 5.74) is 2.50. The SMILES string of the molecule is O=C(Nc1ccccc1)Oc1ccc(CSc2ccccc2)c2cccnc12. The van der Waals surface area contributed by atoms with Gasteiger partial charge in [0.1, 0.15) is 5.52 Å². The molecule has 0 fully saturated rings. The van der Waals surface area contributed by atoms with Crippen molar-refractivity contribution >= 4 is 34.4 Å². The molecule has 0 atom stereocenters. The number of nitrogens with zero attached hydrogens (tertiary/aromatic N) is 1. The average Bonchev–Trinajstić information content (AvgIpc) is 2.74. The van der Waals surface area contributed by atoms with Gasteiger partial charge in [0.15, 0.2) is 5.75 Å². The molecule has 138 valence electrons. The van der Waals surface area contributed by atoms with Gasteiger partial charge in [0, 0.05) is 27.9 Å². The van der Waals surface area contributed by atoms with Crippen molar-refractivity contribution in [2.75, 3.05) is 5.32 Å². The van der Waals surface area contributed by atoms with Gasteiger partial charge in [-0.15, -0.1) is 11.8 Å². The van der Waals surface area contributed by atoms with Gasteiger partial charge < -0.3 is 4.74 Å². The predicted molar refractivity (Wildman–Crippen MR) is 114 cm³/mol. The fraction of sp³-hybridized carbons (Fsp3) is 0.0435. The second-order valence-corrected chi connectivity index (χ2v) is 7.15. The van der Waals surface area contributed by atoms with E-state index in [4.69, 9.17) is 4.74 Å². The highest BCUT2D eigenvalue weighted by Gasteiger charge is 2.12. The average molecular weight is 386 g/mol. The van der Waals surface area contributed by atoms with Crippen LogP contribution in [0.15, 0.2) is 96.0 Å². The van der Waals surface area contributed by atoms with Crippen molar-refractivity contribution in [3.05, 3.63) is 96.7 Å². The molecule has 4 aromatic rings. The van der Waals surface area contributed by atoms with Crippen LogP contribution < -0.4 is 10.1 Å². The summed E-state index contributed by atoms with van der Waals surface area (Å²) in [6, 6.07) is 27.2. The molecule has 0 unspecified atom stereocenters. The molecule has 28 heavy (non-hydrogen) atoms. The molecule has 1 aromatic heterocycles. The standard InChI is InChI=1S/C23H18N2O2S/c26-23(25-18-8-3-1-4-9-18)27-21-14-13-17(20-12-7-15-24-22(20)21)16-28-19-10-5-2-6-11-19/h1-15H,16H2,(H,25,26). The number of carbonyl (C=O) groups is 1. The molecular formula is C23H18N2O2S. The molecule has 0 spiro atoms. The number of nitrogens with one attached hydrogen (secondary N) is 1. The highest BCUT2D eigenvalue weighted by molar-refractivity contribution is 7.98. The number of carbonyl (C=O) groups excluding carboxylic acids is 1. The molecule has 0 saturated heterocycles. The van der Waals surface area contributed by atoms with E-state index >= 15 is 0 Å². The quantitative estimate of drug-likeness (QED) is 0.419. The Balaban J connectivity index is 1.54. The van der Waals surface area contributed by atoms with Crippen LogP contribution in [0.4, 0.5) is 10.5 Å². The van der Waals surface area contributed by atoms with E-state index in [0.29, 0.717) is 17.0 Å². The van der Waals surface area contributed by atoms with E-state index in [1.165, 1.54) is 4.90 Å². The van der Waals surface area contributed by atoms with Gasteiger partial charge in [0.05, 0.1) is 0 Å². The number of pyridine rings is 1. The fourth-order valence-electron chi connectivity index (χ4n) is 2.86. The molecule has 0 aliphatic heterocycles. The number of para-hydroxylation sites is 1. The van der Waals surface area contributed by atoms with Crippen molar-refractivity contribution < 1.29 is 9.53 Å². The normalized spacial score (nSPS) is 10.6. The zero-order valence-electron chi connectivity index (χ0n) is 15.0. The molecule has 1 amide bonds. The lowest BCUT2D eigenvalue weighted by Gasteiger charge is -2.11. The lowest BCUT2D eigenvalue weighted by atomic mass is 10.1. The third-order valence-corrected chi connectivity index (χ3v) is 5.24. The molecule has 1 heterocycles. The molecule has 3 aromatic carbocycles. The van der Waals surface area contributed by atoms with E-state index < -0.39 is 6.09 Å². The van der Waals surface area contributed by atoms with E-state index in [1.807, 2.05) is 66.7 Å². The minimum atomic E-state index is -0.537. The van der Waals surface area contributed by atoms with Gasteiger partial charge in [-0.1, -0.05) is 48.5 Å². The van der Waals surface area contributed by atoms with Crippen LogP contribution in [0.1, 0.15) is 5.56 Å². The first-order chi connectivity index (χ1) is 13.8. The summed E-state index contributed by atoms with van der Waals surface area (Å²) in [6.07, 6.45) is 1.17. The number of aromatic nitrogens is 1. The van der Waals surface area contributed by atoms with E-state index in [-0.39, 0.29) is 0 Å². The molecule has 1 N–H and O–H groups in total. The number of hydrogen-bond donors (Lipinski definition) is 1. The fourth-order valence-corrected chi connectivity index (χ4v) is 3.78. The number of fused-ring (bicyclic) bond motifs is 1. The second-order valence-electron chi connectivity index (χ2n) is 6.10. The van der Waals surface area contributed by atoms with E-state index in [9.17, 15) is 4.79 Å². The Morgan fingerprint density at radius 3 is 2.43 bits per heavy atom.